The van der Waals surface area contributed by atoms with E-state index in [1.165, 1.54) is 0 Å². The van der Waals surface area contributed by atoms with Crippen LogP contribution in [0.25, 0.3) is 0 Å². The van der Waals surface area contributed by atoms with Crippen molar-refractivity contribution in [1.29, 1.82) is 5.26 Å². The molecule has 1 aromatic heterocycles. The smallest absolute Gasteiger partial charge is 0.344 e. The number of carbonyl (C=O) groups is 1. The lowest BCUT2D eigenvalue weighted by molar-refractivity contribution is -0.137. The van der Waals surface area contributed by atoms with Gasteiger partial charge in [0.25, 0.3) is 5.91 Å². The number of benzene rings is 1. The number of nitrogens with one attached hydrogen (secondary N) is 1. The number of amides is 1. The normalized spacial score (nSPS) is 16.2. The molecule has 0 aliphatic heterocycles. The number of pyridine rings is 1. The van der Waals surface area contributed by atoms with E-state index in [4.69, 9.17) is 16.9 Å². The molecule has 128 valence electrons. The molecule has 1 aromatic carbocycles. The summed E-state index contributed by atoms with van der Waals surface area (Å²) in [6.45, 7) is 0. The monoisotopic (exact) mass is 365 g/mol. The molecule has 0 fully saturated rings. The summed E-state index contributed by atoms with van der Waals surface area (Å²) < 4.78 is 37.9. The Kier molecular flexibility index (Phi) is 4.39. The summed E-state index contributed by atoms with van der Waals surface area (Å²) in [4.78, 5) is 15.9. The second kappa shape index (κ2) is 6.37. The number of aromatic nitrogens is 1. The lowest BCUT2D eigenvalue weighted by Gasteiger charge is -2.15. The van der Waals surface area contributed by atoms with Crippen molar-refractivity contribution in [1.82, 2.24) is 10.3 Å². The maximum absolute atomic E-state index is 12.6. The van der Waals surface area contributed by atoms with Gasteiger partial charge in [-0.15, -0.1) is 0 Å². The van der Waals surface area contributed by atoms with Crippen molar-refractivity contribution >= 4 is 17.5 Å². The first-order chi connectivity index (χ1) is 11.8. The Morgan fingerprint density at radius 2 is 2.12 bits per heavy atom. The summed E-state index contributed by atoms with van der Waals surface area (Å²) in [5.41, 5.74) is 1.13. The minimum atomic E-state index is -4.57. The van der Waals surface area contributed by atoms with Gasteiger partial charge in [-0.25, -0.2) is 4.98 Å². The Labute approximate surface area is 146 Å². The third-order valence-electron chi connectivity index (χ3n) is 4.04. The van der Waals surface area contributed by atoms with E-state index in [0.29, 0.717) is 30.7 Å². The summed E-state index contributed by atoms with van der Waals surface area (Å²) in [5.74, 6) is -0.638. The van der Waals surface area contributed by atoms with Crippen molar-refractivity contribution in [3.63, 3.8) is 0 Å². The number of fused-ring (bicyclic) bond motifs is 1. The van der Waals surface area contributed by atoms with Crippen molar-refractivity contribution in [3.05, 3.63) is 63.4 Å². The molecule has 1 heterocycles. The van der Waals surface area contributed by atoms with Crippen LogP contribution in [0.3, 0.4) is 0 Å². The molecule has 1 aliphatic carbocycles. The van der Waals surface area contributed by atoms with E-state index >= 15 is 0 Å². The van der Waals surface area contributed by atoms with Crippen LogP contribution >= 0.6 is 11.6 Å². The first-order valence-corrected chi connectivity index (χ1v) is 7.74. The number of hydrogen-bond acceptors (Lipinski definition) is 3. The van der Waals surface area contributed by atoms with Crippen molar-refractivity contribution in [2.24, 2.45) is 0 Å². The van der Waals surface area contributed by atoms with E-state index < -0.39 is 17.6 Å². The van der Waals surface area contributed by atoms with Crippen LogP contribution in [0.2, 0.25) is 5.02 Å². The fourth-order valence-electron chi connectivity index (χ4n) is 2.82. The van der Waals surface area contributed by atoms with Crippen molar-refractivity contribution in [2.75, 3.05) is 0 Å². The second-order valence-corrected chi connectivity index (χ2v) is 6.05. The molecule has 0 spiro atoms. The van der Waals surface area contributed by atoms with Gasteiger partial charge in [0.1, 0.15) is 5.69 Å². The Hall–Kier alpha value is -2.59. The maximum Gasteiger partial charge on any atom is 0.417 e. The fourth-order valence-corrected chi connectivity index (χ4v) is 3.08. The average Bonchev–Trinajstić information content (AvgIpc) is 2.95. The van der Waals surface area contributed by atoms with Crippen molar-refractivity contribution < 1.29 is 18.0 Å². The Morgan fingerprint density at radius 1 is 1.36 bits per heavy atom. The molecule has 3 rings (SSSR count). The third kappa shape index (κ3) is 3.44. The first-order valence-electron chi connectivity index (χ1n) is 7.36. The molecule has 1 atom stereocenters. The van der Waals surface area contributed by atoms with Gasteiger partial charge in [0.15, 0.2) is 0 Å². The highest BCUT2D eigenvalue weighted by atomic mass is 35.5. The average molecular weight is 366 g/mol. The van der Waals surface area contributed by atoms with E-state index in [1.54, 1.807) is 18.2 Å². The highest BCUT2D eigenvalue weighted by Gasteiger charge is 2.32. The maximum atomic E-state index is 12.6. The van der Waals surface area contributed by atoms with E-state index in [1.807, 2.05) is 0 Å². The van der Waals surface area contributed by atoms with Gasteiger partial charge in [-0.2, -0.15) is 18.4 Å². The Morgan fingerprint density at radius 3 is 2.76 bits per heavy atom. The van der Waals surface area contributed by atoms with Gasteiger partial charge >= 0.3 is 6.18 Å². The molecule has 0 radical (unpaired) electrons. The molecule has 1 N–H and O–H groups in total. The van der Waals surface area contributed by atoms with E-state index in [-0.39, 0.29) is 16.8 Å². The van der Waals surface area contributed by atoms with Crippen molar-refractivity contribution in [2.45, 2.75) is 25.1 Å². The standard InChI is InChI=1S/C17H11ClF3N3O/c18-13-6-11(17(19,20)21)8-23-15(13)16(25)24-14-4-2-10-5-9(7-22)1-3-12(10)14/h1,3,5-6,8,14H,2,4H2,(H,24,25)/t14-/m1/s1. The third-order valence-corrected chi connectivity index (χ3v) is 4.33. The van der Waals surface area contributed by atoms with Gasteiger partial charge in [-0.3, -0.25) is 4.79 Å². The van der Waals surface area contributed by atoms with Crippen LogP contribution in [0.1, 0.15) is 45.2 Å². The number of nitrogens with zero attached hydrogens (tertiary/aromatic N) is 2. The number of rotatable bonds is 2. The minimum absolute atomic E-state index is 0.253. The molecule has 0 saturated carbocycles. The van der Waals surface area contributed by atoms with Crippen LogP contribution in [-0.2, 0) is 12.6 Å². The molecule has 0 unspecified atom stereocenters. The van der Waals surface area contributed by atoms with Crippen LogP contribution in [0.4, 0.5) is 13.2 Å². The van der Waals surface area contributed by atoms with Gasteiger partial charge in [0.05, 0.1) is 28.3 Å². The summed E-state index contributed by atoms with van der Waals surface area (Å²) >= 11 is 5.80. The van der Waals surface area contributed by atoms with Gasteiger partial charge in [-0.1, -0.05) is 17.7 Å². The van der Waals surface area contributed by atoms with Gasteiger partial charge in [0.2, 0.25) is 0 Å². The molecule has 8 heteroatoms. The fraction of sp³-hybridized carbons (Fsp3) is 0.235. The number of aryl methyl sites for hydroxylation is 1. The Bertz CT molecular complexity index is 890. The molecular formula is C17H11ClF3N3O. The topological polar surface area (TPSA) is 65.8 Å². The van der Waals surface area contributed by atoms with Crippen LogP contribution in [0.5, 0.6) is 0 Å². The van der Waals surface area contributed by atoms with Crippen LogP contribution < -0.4 is 5.32 Å². The molecular weight excluding hydrogens is 355 g/mol. The van der Waals surface area contributed by atoms with Crippen molar-refractivity contribution in [3.8, 4) is 6.07 Å². The molecule has 25 heavy (non-hydrogen) atoms. The zero-order valence-corrected chi connectivity index (χ0v) is 13.4. The van der Waals surface area contributed by atoms with Crippen LogP contribution in [-0.4, -0.2) is 10.9 Å². The highest BCUT2D eigenvalue weighted by Crippen LogP contribution is 2.33. The zero-order valence-electron chi connectivity index (χ0n) is 12.7. The number of carbonyl (C=O) groups excluding carboxylic acids is 1. The molecule has 1 amide bonds. The van der Waals surface area contributed by atoms with Gasteiger partial charge < -0.3 is 5.32 Å². The summed E-state index contributed by atoms with van der Waals surface area (Å²) in [7, 11) is 0. The largest absolute Gasteiger partial charge is 0.417 e. The predicted molar refractivity (Wildman–Crippen MR) is 83.9 cm³/mol. The molecule has 0 saturated heterocycles. The number of alkyl halides is 3. The minimum Gasteiger partial charge on any atom is -0.344 e. The Balaban J connectivity index is 1.80. The van der Waals surface area contributed by atoms with Crippen LogP contribution in [0, 0.1) is 11.3 Å². The highest BCUT2D eigenvalue weighted by molar-refractivity contribution is 6.33. The SMILES string of the molecule is N#Cc1ccc2c(c1)CC[C@H]2NC(=O)c1ncc(C(F)(F)F)cc1Cl. The lowest BCUT2D eigenvalue weighted by atomic mass is 10.1. The molecule has 1 aliphatic rings. The van der Waals surface area contributed by atoms with Gasteiger partial charge in [-0.05, 0) is 42.2 Å². The summed E-state index contributed by atoms with van der Waals surface area (Å²) in [6, 6.07) is 7.65. The van der Waals surface area contributed by atoms with E-state index in [0.717, 1.165) is 11.1 Å². The zero-order chi connectivity index (χ0) is 18.2. The lowest BCUT2D eigenvalue weighted by Crippen LogP contribution is -2.28. The van der Waals surface area contributed by atoms with E-state index in [2.05, 4.69) is 16.4 Å². The number of halogens is 4. The number of hydrogen-bond donors (Lipinski definition) is 1. The summed E-state index contributed by atoms with van der Waals surface area (Å²) in [5, 5.41) is 11.3. The van der Waals surface area contributed by atoms with Gasteiger partial charge in [0, 0.05) is 6.20 Å². The quantitative estimate of drug-likeness (QED) is 0.873. The summed E-state index contributed by atoms with van der Waals surface area (Å²) in [6.07, 6.45) is -2.66. The second-order valence-electron chi connectivity index (χ2n) is 5.64. The molecule has 2 aromatic rings. The molecule has 4 nitrogen and oxygen atoms in total. The first kappa shape index (κ1) is 17.2. The van der Waals surface area contributed by atoms with Crippen LogP contribution in [0.15, 0.2) is 30.5 Å². The molecule has 0 bridgehead atoms. The number of nitriles is 1. The predicted octanol–water partition coefficient (Wildman–Crippen LogP) is 4.04. The van der Waals surface area contributed by atoms with E-state index in [9.17, 15) is 18.0 Å².